The lowest BCUT2D eigenvalue weighted by Gasteiger charge is -2.34. The predicted octanol–water partition coefficient (Wildman–Crippen LogP) is 1.61. The minimum atomic E-state index is -0.163. The van der Waals surface area contributed by atoms with Crippen LogP contribution in [0.1, 0.15) is 44.9 Å². The van der Waals surface area contributed by atoms with Gasteiger partial charge in [0.2, 0.25) is 5.91 Å². The normalized spacial score (nSPS) is 27.1. The van der Waals surface area contributed by atoms with Crippen LogP contribution in [0.25, 0.3) is 0 Å². The Morgan fingerprint density at radius 3 is 2.61 bits per heavy atom. The first-order valence-corrected chi connectivity index (χ1v) is 6.84. The number of carbonyl (C=O) groups is 1. The number of ether oxygens (including phenoxy) is 1. The Bertz CT molecular complexity index is 262. The van der Waals surface area contributed by atoms with Gasteiger partial charge in [-0.05, 0) is 25.7 Å². The van der Waals surface area contributed by atoms with Crippen molar-refractivity contribution in [1.82, 2.24) is 5.32 Å². The van der Waals surface area contributed by atoms with Crippen LogP contribution < -0.4 is 11.1 Å². The highest BCUT2D eigenvalue weighted by Crippen LogP contribution is 2.25. The summed E-state index contributed by atoms with van der Waals surface area (Å²) in [6.45, 7) is 2.00. The molecule has 1 saturated heterocycles. The summed E-state index contributed by atoms with van der Waals surface area (Å²) < 4.78 is 5.33. The summed E-state index contributed by atoms with van der Waals surface area (Å²) in [5, 5.41) is 3.02. The molecule has 0 aromatic carbocycles. The van der Waals surface area contributed by atoms with Crippen molar-refractivity contribution in [1.29, 1.82) is 0 Å². The molecule has 2 fully saturated rings. The molecule has 1 heterocycles. The SMILES string of the molecule is Cl.NC1(CNC(=O)C2CCCOC2)CCCCC1. The fourth-order valence-corrected chi connectivity index (χ4v) is 2.79. The second kappa shape index (κ2) is 7.31. The smallest absolute Gasteiger partial charge is 0.225 e. The molecule has 1 amide bonds. The largest absolute Gasteiger partial charge is 0.381 e. The second-order valence-electron chi connectivity index (χ2n) is 5.55. The summed E-state index contributed by atoms with van der Waals surface area (Å²) in [5.74, 6) is 0.163. The van der Waals surface area contributed by atoms with Crippen molar-refractivity contribution < 1.29 is 9.53 Å². The van der Waals surface area contributed by atoms with E-state index in [0.717, 1.165) is 32.3 Å². The van der Waals surface area contributed by atoms with Gasteiger partial charge in [-0.1, -0.05) is 19.3 Å². The molecule has 3 N–H and O–H groups in total. The Balaban J connectivity index is 0.00000162. The summed E-state index contributed by atoms with van der Waals surface area (Å²) in [5.41, 5.74) is 6.13. The number of nitrogens with one attached hydrogen (secondary N) is 1. The fourth-order valence-electron chi connectivity index (χ4n) is 2.79. The Morgan fingerprint density at radius 2 is 2.00 bits per heavy atom. The third-order valence-electron chi connectivity index (χ3n) is 4.00. The zero-order chi connectivity index (χ0) is 12.1. The number of carbonyl (C=O) groups excluding carboxylic acids is 1. The molecule has 0 bridgehead atoms. The Morgan fingerprint density at radius 1 is 1.28 bits per heavy atom. The van der Waals surface area contributed by atoms with Crippen molar-refractivity contribution in [3.63, 3.8) is 0 Å². The lowest BCUT2D eigenvalue weighted by molar-refractivity contribution is -0.129. The lowest BCUT2D eigenvalue weighted by Crippen LogP contribution is -2.52. The minimum Gasteiger partial charge on any atom is -0.381 e. The molecule has 0 spiro atoms. The maximum Gasteiger partial charge on any atom is 0.225 e. The van der Waals surface area contributed by atoms with Crippen molar-refractivity contribution in [2.45, 2.75) is 50.5 Å². The second-order valence-corrected chi connectivity index (χ2v) is 5.55. The highest BCUT2D eigenvalue weighted by atomic mass is 35.5. The molecule has 1 atom stereocenters. The summed E-state index contributed by atoms with van der Waals surface area (Å²) in [7, 11) is 0. The van der Waals surface area contributed by atoms with Gasteiger partial charge in [-0.3, -0.25) is 4.79 Å². The van der Waals surface area contributed by atoms with E-state index in [9.17, 15) is 4.79 Å². The molecule has 106 valence electrons. The zero-order valence-electron chi connectivity index (χ0n) is 11.0. The van der Waals surface area contributed by atoms with Gasteiger partial charge in [0.05, 0.1) is 12.5 Å². The third kappa shape index (κ3) is 4.41. The van der Waals surface area contributed by atoms with Gasteiger partial charge in [0.1, 0.15) is 0 Å². The molecule has 2 aliphatic rings. The van der Waals surface area contributed by atoms with Gasteiger partial charge in [-0.15, -0.1) is 12.4 Å². The average molecular weight is 277 g/mol. The summed E-state index contributed by atoms with van der Waals surface area (Å²) in [6.07, 6.45) is 7.68. The quantitative estimate of drug-likeness (QED) is 0.823. The topological polar surface area (TPSA) is 64.3 Å². The number of nitrogens with two attached hydrogens (primary N) is 1. The van der Waals surface area contributed by atoms with Gasteiger partial charge < -0.3 is 15.8 Å². The van der Waals surface area contributed by atoms with Gasteiger partial charge in [0, 0.05) is 18.7 Å². The third-order valence-corrected chi connectivity index (χ3v) is 4.00. The van der Waals surface area contributed by atoms with Crippen LogP contribution >= 0.6 is 12.4 Å². The van der Waals surface area contributed by atoms with Gasteiger partial charge in [0.25, 0.3) is 0 Å². The molecule has 4 nitrogen and oxygen atoms in total. The number of hydrogen-bond acceptors (Lipinski definition) is 3. The van der Waals surface area contributed by atoms with Crippen molar-refractivity contribution in [2.24, 2.45) is 11.7 Å². The molecule has 1 saturated carbocycles. The first-order valence-electron chi connectivity index (χ1n) is 6.84. The molecule has 1 aliphatic carbocycles. The van der Waals surface area contributed by atoms with E-state index in [1.807, 2.05) is 0 Å². The molecule has 1 aliphatic heterocycles. The monoisotopic (exact) mass is 276 g/mol. The Labute approximate surface area is 115 Å². The van der Waals surface area contributed by atoms with Crippen LogP contribution in [0.15, 0.2) is 0 Å². The van der Waals surface area contributed by atoms with Gasteiger partial charge >= 0.3 is 0 Å². The molecular formula is C13H25ClN2O2. The van der Waals surface area contributed by atoms with E-state index in [-0.39, 0.29) is 29.8 Å². The van der Waals surface area contributed by atoms with Gasteiger partial charge in [-0.2, -0.15) is 0 Å². The van der Waals surface area contributed by atoms with Crippen LogP contribution in [0, 0.1) is 5.92 Å². The average Bonchev–Trinajstić information content (AvgIpc) is 2.38. The summed E-state index contributed by atoms with van der Waals surface area (Å²) in [4.78, 5) is 11.9. The van der Waals surface area contributed by atoms with Crippen LogP contribution in [0.3, 0.4) is 0 Å². The molecule has 0 aromatic heterocycles. The molecule has 5 heteroatoms. The fraction of sp³-hybridized carbons (Fsp3) is 0.923. The Kier molecular flexibility index (Phi) is 6.39. The summed E-state index contributed by atoms with van der Waals surface area (Å²) >= 11 is 0. The number of hydrogen-bond donors (Lipinski definition) is 2. The van der Waals surface area contributed by atoms with Crippen molar-refractivity contribution in [2.75, 3.05) is 19.8 Å². The number of halogens is 1. The van der Waals surface area contributed by atoms with Crippen molar-refractivity contribution in [3.05, 3.63) is 0 Å². The van der Waals surface area contributed by atoms with E-state index in [1.165, 1.54) is 19.3 Å². The van der Waals surface area contributed by atoms with Crippen LogP contribution in [-0.2, 0) is 9.53 Å². The van der Waals surface area contributed by atoms with E-state index in [1.54, 1.807) is 0 Å². The molecule has 18 heavy (non-hydrogen) atoms. The van der Waals surface area contributed by atoms with Crippen LogP contribution in [0.5, 0.6) is 0 Å². The van der Waals surface area contributed by atoms with Gasteiger partial charge in [0.15, 0.2) is 0 Å². The van der Waals surface area contributed by atoms with Crippen LogP contribution in [0.4, 0.5) is 0 Å². The van der Waals surface area contributed by atoms with Crippen molar-refractivity contribution in [3.8, 4) is 0 Å². The van der Waals surface area contributed by atoms with E-state index >= 15 is 0 Å². The van der Waals surface area contributed by atoms with E-state index in [2.05, 4.69) is 5.32 Å². The van der Waals surface area contributed by atoms with Crippen LogP contribution in [-0.4, -0.2) is 31.2 Å². The van der Waals surface area contributed by atoms with E-state index < -0.39 is 0 Å². The summed E-state index contributed by atoms with van der Waals surface area (Å²) in [6, 6.07) is 0. The maximum atomic E-state index is 11.9. The first kappa shape index (κ1) is 15.7. The molecule has 0 radical (unpaired) electrons. The first-order chi connectivity index (χ1) is 8.20. The Hall–Kier alpha value is -0.320. The van der Waals surface area contributed by atoms with Gasteiger partial charge in [-0.25, -0.2) is 0 Å². The van der Waals surface area contributed by atoms with E-state index in [0.29, 0.717) is 13.2 Å². The predicted molar refractivity (Wildman–Crippen MR) is 73.8 cm³/mol. The highest BCUT2D eigenvalue weighted by Gasteiger charge is 2.29. The highest BCUT2D eigenvalue weighted by molar-refractivity contribution is 5.85. The molecule has 2 rings (SSSR count). The lowest BCUT2D eigenvalue weighted by atomic mass is 9.82. The maximum absolute atomic E-state index is 11.9. The zero-order valence-corrected chi connectivity index (χ0v) is 11.8. The number of amides is 1. The van der Waals surface area contributed by atoms with Crippen LogP contribution in [0.2, 0.25) is 0 Å². The minimum absolute atomic E-state index is 0. The molecule has 1 unspecified atom stereocenters. The number of rotatable bonds is 3. The molecular weight excluding hydrogens is 252 g/mol. The van der Waals surface area contributed by atoms with E-state index in [4.69, 9.17) is 10.5 Å². The molecule has 0 aromatic rings. The van der Waals surface area contributed by atoms with Crippen molar-refractivity contribution >= 4 is 18.3 Å². The standard InChI is InChI=1S/C13H24N2O2.ClH/c14-13(6-2-1-3-7-13)10-15-12(16)11-5-4-8-17-9-11;/h11H,1-10,14H2,(H,15,16);1H.